The van der Waals surface area contributed by atoms with Crippen molar-refractivity contribution in [1.29, 1.82) is 5.26 Å². The van der Waals surface area contributed by atoms with Gasteiger partial charge in [-0.15, -0.1) is 0 Å². The standard InChI is InChI=1S/C18H22ClN/c1-14(2)12-18(10-6-7-11-18)17(19)16(13-20)15-8-4-3-5-9-15/h3-5,8-9,14H,6-7,10-12H2,1-2H3/b17-16+. The maximum absolute atomic E-state index is 9.57. The Hall–Kier alpha value is -1.26. The Kier molecular flexibility index (Phi) is 4.89. The van der Waals surface area contributed by atoms with E-state index >= 15 is 0 Å². The van der Waals surface area contributed by atoms with E-state index in [1.54, 1.807) is 0 Å². The quantitative estimate of drug-likeness (QED) is 0.645. The number of allylic oxidation sites excluding steroid dienone is 2. The third-order valence-electron chi connectivity index (χ3n) is 4.22. The largest absolute Gasteiger partial charge is 0.192 e. The Morgan fingerprint density at radius 3 is 2.35 bits per heavy atom. The maximum atomic E-state index is 9.57. The van der Waals surface area contributed by atoms with E-state index < -0.39 is 0 Å². The van der Waals surface area contributed by atoms with Crippen molar-refractivity contribution in [2.24, 2.45) is 11.3 Å². The molecule has 106 valence electrons. The van der Waals surface area contributed by atoms with Crippen molar-refractivity contribution in [2.75, 3.05) is 0 Å². The molecule has 0 amide bonds. The number of benzene rings is 1. The van der Waals surface area contributed by atoms with Gasteiger partial charge in [-0.3, -0.25) is 0 Å². The Bertz CT molecular complexity index is 516. The minimum Gasteiger partial charge on any atom is -0.192 e. The number of nitriles is 1. The van der Waals surface area contributed by atoms with Gasteiger partial charge in [-0.1, -0.05) is 68.6 Å². The monoisotopic (exact) mass is 287 g/mol. The fourth-order valence-corrected chi connectivity index (χ4v) is 3.87. The molecule has 0 aromatic heterocycles. The normalized spacial score (nSPS) is 18.8. The molecule has 0 spiro atoms. The molecule has 0 aliphatic heterocycles. The van der Waals surface area contributed by atoms with Crippen LogP contribution in [0.5, 0.6) is 0 Å². The smallest absolute Gasteiger partial charge is 0.101 e. The molecule has 0 radical (unpaired) electrons. The van der Waals surface area contributed by atoms with Gasteiger partial charge in [0.15, 0.2) is 0 Å². The van der Waals surface area contributed by atoms with E-state index in [9.17, 15) is 5.26 Å². The summed E-state index contributed by atoms with van der Waals surface area (Å²) in [6, 6.07) is 12.2. The van der Waals surface area contributed by atoms with Crippen LogP contribution in [0.2, 0.25) is 0 Å². The van der Waals surface area contributed by atoms with Crippen molar-refractivity contribution >= 4 is 17.2 Å². The lowest BCUT2D eigenvalue weighted by Gasteiger charge is -2.31. The van der Waals surface area contributed by atoms with Crippen LogP contribution in [0.3, 0.4) is 0 Å². The molecule has 20 heavy (non-hydrogen) atoms. The molecular weight excluding hydrogens is 266 g/mol. The van der Waals surface area contributed by atoms with Gasteiger partial charge in [0.25, 0.3) is 0 Å². The summed E-state index contributed by atoms with van der Waals surface area (Å²) < 4.78 is 0. The van der Waals surface area contributed by atoms with Gasteiger partial charge < -0.3 is 0 Å². The number of halogens is 1. The Morgan fingerprint density at radius 2 is 1.85 bits per heavy atom. The maximum Gasteiger partial charge on any atom is 0.101 e. The lowest BCUT2D eigenvalue weighted by molar-refractivity contribution is 0.304. The summed E-state index contributed by atoms with van der Waals surface area (Å²) in [7, 11) is 0. The lowest BCUT2D eigenvalue weighted by Crippen LogP contribution is -2.20. The fourth-order valence-electron chi connectivity index (χ4n) is 3.46. The van der Waals surface area contributed by atoms with Crippen LogP contribution in [0.4, 0.5) is 0 Å². The SMILES string of the molecule is CC(C)CC1(/C(Cl)=C(/C#N)c2ccccc2)CCCC1. The first-order valence-electron chi connectivity index (χ1n) is 7.45. The van der Waals surface area contributed by atoms with E-state index in [1.165, 1.54) is 12.8 Å². The second-order valence-electron chi connectivity index (χ2n) is 6.25. The summed E-state index contributed by atoms with van der Waals surface area (Å²) in [6.45, 7) is 4.47. The highest BCUT2D eigenvalue weighted by atomic mass is 35.5. The van der Waals surface area contributed by atoms with Crippen molar-refractivity contribution in [3.8, 4) is 6.07 Å². The first-order chi connectivity index (χ1) is 9.59. The van der Waals surface area contributed by atoms with Crippen LogP contribution < -0.4 is 0 Å². The second kappa shape index (κ2) is 6.46. The van der Waals surface area contributed by atoms with Gasteiger partial charge in [0, 0.05) is 10.4 Å². The van der Waals surface area contributed by atoms with Gasteiger partial charge >= 0.3 is 0 Å². The van der Waals surface area contributed by atoms with E-state index in [0.29, 0.717) is 11.5 Å². The highest BCUT2D eigenvalue weighted by Crippen LogP contribution is 2.52. The zero-order valence-corrected chi connectivity index (χ0v) is 13.1. The molecule has 0 N–H and O–H groups in total. The van der Waals surface area contributed by atoms with Crippen molar-refractivity contribution in [1.82, 2.24) is 0 Å². The van der Waals surface area contributed by atoms with E-state index in [-0.39, 0.29) is 5.41 Å². The molecule has 2 heteroatoms. The molecule has 2 rings (SSSR count). The molecule has 1 fully saturated rings. The summed E-state index contributed by atoms with van der Waals surface area (Å²) in [5.41, 5.74) is 1.63. The predicted octanol–water partition coefficient (Wildman–Crippen LogP) is 5.77. The average molecular weight is 288 g/mol. The summed E-state index contributed by atoms with van der Waals surface area (Å²) in [4.78, 5) is 0. The summed E-state index contributed by atoms with van der Waals surface area (Å²) in [5, 5.41) is 10.4. The van der Waals surface area contributed by atoms with Crippen LogP contribution in [0.25, 0.3) is 5.57 Å². The van der Waals surface area contributed by atoms with E-state index in [4.69, 9.17) is 11.6 Å². The Morgan fingerprint density at radius 1 is 1.25 bits per heavy atom. The van der Waals surface area contributed by atoms with E-state index in [1.807, 2.05) is 30.3 Å². The van der Waals surface area contributed by atoms with E-state index in [0.717, 1.165) is 29.9 Å². The van der Waals surface area contributed by atoms with Crippen molar-refractivity contribution < 1.29 is 0 Å². The zero-order chi connectivity index (χ0) is 14.6. The molecule has 1 aliphatic carbocycles. The Balaban J connectivity index is 2.46. The summed E-state index contributed by atoms with van der Waals surface area (Å²) in [5.74, 6) is 0.595. The molecular formula is C18H22ClN. The summed E-state index contributed by atoms with van der Waals surface area (Å²) in [6.07, 6.45) is 5.74. The van der Waals surface area contributed by atoms with Crippen molar-refractivity contribution in [3.63, 3.8) is 0 Å². The number of hydrogen-bond donors (Lipinski definition) is 0. The lowest BCUT2D eigenvalue weighted by atomic mass is 9.76. The zero-order valence-electron chi connectivity index (χ0n) is 12.3. The molecule has 1 saturated carbocycles. The molecule has 0 atom stereocenters. The van der Waals surface area contributed by atoms with Crippen LogP contribution in [-0.4, -0.2) is 0 Å². The third kappa shape index (κ3) is 3.07. The van der Waals surface area contributed by atoms with Gasteiger partial charge in [-0.2, -0.15) is 5.26 Å². The first kappa shape index (κ1) is 15.1. The number of nitrogens with zero attached hydrogens (tertiary/aromatic N) is 1. The molecule has 0 unspecified atom stereocenters. The third-order valence-corrected chi connectivity index (χ3v) is 4.81. The van der Waals surface area contributed by atoms with Crippen LogP contribution in [0.1, 0.15) is 51.5 Å². The van der Waals surface area contributed by atoms with Crippen LogP contribution in [0.15, 0.2) is 35.4 Å². The topological polar surface area (TPSA) is 23.8 Å². The van der Waals surface area contributed by atoms with Gasteiger partial charge in [-0.25, -0.2) is 0 Å². The fraction of sp³-hybridized carbons (Fsp3) is 0.500. The molecule has 1 aromatic rings. The van der Waals surface area contributed by atoms with Crippen molar-refractivity contribution in [2.45, 2.75) is 46.0 Å². The molecule has 1 nitrogen and oxygen atoms in total. The molecule has 0 saturated heterocycles. The Labute approximate surface area is 127 Å². The highest BCUT2D eigenvalue weighted by Gasteiger charge is 2.39. The average Bonchev–Trinajstić information content (AvgIpc) is 2.89. The van der Waals surface area contributed by atoms with Gasteiger partial charge in [-0.05, 0) is 30.7 Å². The van der Waals surface area contributed by atoms with Gasteiger partial charge in [0.2, 0.25) is 0 Å². The number of rotatable bonds is 4. The predicted molar refractivity (Wildman–Crippen MR) is 85.2 cm³/mol. The van der Waals surface area contributed by atoms with Crippen LogP contribution in [0, 0.1) is 22.7 Å². The highest BCUT2D eigenvalue weighted by molar-refractivity contribution is 6.34. The van der Waals surface area contributed by atoms with Crippen molar-refractivity contribution in [3.05, 3.63) is 40.9 Å². The molecule has 0 heterocycles. The van der Waals surface area contributed by atoms with Gasteiger partial charge in [0.05, 0.1) is 5.57 Å². The van der Waals surface area contributed by atoms with Crippen LogP contribution >= 0.6 is 11.6 Å². The molecule has 1 aliphatic rings. The summed E-state index contributed by atoms with van der Waals surface area (Å²) >= 11 is 6.75. The minimum atomic E-state index is 0.0244. The molecule has 0 bridgehead atoms. The second-order valence-corrected chi connectivity index (χ2v) is 6.63. The van der Waals surface area contributed by atoms with Crippen LogP contribution in [-0.2, 0) is 0 Å². The van der Waals surface area contributed by atoms with E-state index in [2.05, 4.69) is 19.9 Å². The number of hydrogen-bond acceptors (Lipinski definition) is 1. The molecule has 1 aromatic carbocycles. The first-order valence-corrected chi connectivity index (χ1v) is 7.82. The minimum absolute atomic E-state index is 0.0244. The van der Waals surface area contributed by atoms with Gasteiger partial charge in [0.1, 0.15) is 6.07 Å².